The predicted octanol–water partition coefficient (Wildman–Crippen LogP) is 6.91. The van der Waals surface area contributed by atoms with Crippen LogP contribution in [0, 0.1) is 31.0 Å². The second kappa shape index (κ2) is 10.0. The van der Waals surface area contributed by atoms with Crippen molar-refractivity contribution in [1.29, 1.82) is 5.26 Å². The number of aromatic nitrogens is 3. The Kier molecular flexibility index (Phi) is 6.79. The van der Waals surface area contributed by atoms with Gasteiger partial charge in [0.25, 0.3) is 0 Å². The molecule has 0 aliphatic heterocycles. The predicted molar refractivity (Wildman–Crippen MR) is 142 cm³/mol. The first-order valence-electron chi connectivity index (χ1n) is 12.0. The molecule has 0 aliphatic carbocycles. The highest BCUT2D eigenvalue weighted by Crippen LogP contribution is 2.40. The topological polar surface area (TPSA) is 102 Å². The molecular formula is C29H20F4N4O3S. The van der Waals surface area contributed by atoms with Crippen LogP contribution in [0.25, 0.3) is 39.4 Å². The first-order chi connectivity index (χ1) is 19.3. The number of oxazole rings is 1. The van der Waals surface area contributed by atoms with E-state index in [-0.39, 0.29) is 39.3 Å². The number of sulfone groups is 1. The average Bonchev–Trinajstić information content (AvgIpc) is 3.51. The smallest absolute Gasteiger partial charge is 0.434 e. The number of hydrogen-bond acceptors (Lipinski definition) is 6. The number of alkyl halides is 3. The van der Waals surface area contributed by atoms with Gasteiger partial charge in [0.05, 0.1) is 16.1 Å². The van der Waals surface area contributed by atoms with Crippen molar-refractivity contribution in [3.05, 3.63) is 95.7 Å². The largest absolute Gasteiger partial charge is 0.440 e. The fourth-order valence-electron chi connectivity index (χ4n) is 4.43. The monoisotopic (exact) mass is 580 g/mol. The third kappa shape index (κ3) is 5.36. The van der Waals surface area contributed by atoms with E-state index in [1.807, 2.05) is 0 Å². The van der Waals surface area contributed by atoms with Crippen LogP contribution in [0.3, 0.4) is 0 Å². The number of imidazole rings is 1. The fourth-order valence-corrected chi connectivity index (χ4v) is 5.10. The van der Waals surface area contributed by atoms with Crippen molar-refractivity contribution in [2.45, 2.75) is 24.9 Å². The van der Waals surface area contributed by atoms with Gasteiger partial charge in [-0.1, -0.05) is 18.2 Å². The summed E-state index contributed by atoms with van der Waals surface area (Å²) in [6.07, 6.45) is -2.72. The SMILES string of the molecule is Cc1nc(-c2cc(-c3cccc(S(C)(=O)=O)c3)ccc2-n2cc(C(F)(F)F)nc2C)c(-c2ccc(F)c(C#N)c2)o1. The van der Waals surface area contributed by atoms with Crippen LogP contribution < -0.4 is 0 Å². The normalized spacial score (nSPS) is 12.0. The van der Waals surface area contributed by atoms with Gasteiger partial charge in [0.15, 0.2) is 27.2 Å². The summed E-state index contributed by atoms with van der Waals surface area (Å²) in [6, 6.07) is 16.7. The van der Waals surface area contributed by atoms with Crippen molar-refractivity contribution in [3.63, 3.8) is 0 Å². The lowest BCUT2D eigenvalue weighted by Crippen LogP contribution is -2.05. The van der Waals surface area contributed by atoms with Crippen LogP contribution in [-0.2, 0) is 16.0 Å². The van der Waals surface area contributed by atoms with Crippen molar-refractivity contribution in [1.82, 2.24) is 14.5 Å². The number of nitriles is 1. The van der Waals surface area contributed by atoms with Crippen LogP contribution in [0.4, 0.5) is 17.6 Å². The highest BCUT2D eigenvalue weighted by atomic mass is 32.2. The van der Waals surface area contributed by atoms with Gasteiger partial charge in [-0.25, -0.2) is 22.8 Å². The Balaban J connectivity index is 1.79. The number of aryl methyl sites for hydroxylation is 2. The Bertz CT molecular complexity index is 1970. The van der Waals surface area contributed by atoms with Crippen LogP contribution in [0.2, 0.25) is 0 Å². The summed E-state index contributed by atoms with van der Waals surface area (Å²) in [4.78, 5) is 8.28. The van der Waals surface area contributed by atoms with E-state index in [1.54, 1.807) is 43.3 Å². The van der Waals surface area contributed by atoms with E-state index in [0.717, 1.165) is 18.5 Å². The minimum absolute atomic E-state index is 0.0562. The Labute approximate surface area is 232 Å². The summed E-state index contributed by atoms with van der Waals surface area (Å²) in [7, 11) is -3.52. The van der Waals surface area contributed by atoms with Crippen molar-refractivity contribution in [2.75, 3.05) is 6.26 Å². The molecule has 2 aromatic heterocycles. The van der Waals surface area contributed by atoms with E-state index in [0.29, 0.717) is 22.3 Å². The molecule has 0 saturated heterocycles. The zero-order valence-electron chi connectivity index (χ0n) is 21.8. The van der Waals surface area contributed by atoms with Gasteiger partial charge in [-0.15, -0.1) is 0 Å². The molecule has 0 bridgehead atoms. The van der Waals surface area contributed by atoms with Gasteiger partial charge in [-0.2, -0.15) is 18.4 Å². The molecule has 0 saturated carbocycles. The lowest BCUT2D eigenvalue weighted by Gasteiger charge is -2.14. The van der Waals surface area contributed by atoms with Crippen molar-refractivity contribution < 1.29 is 30.4 Å². The molecule has 12 heteroatoms. The molecule has 0 atom stereocenters. The lowest BCUT2D eigenvalue weighted by molar-refractivity contribution is -0.141. The van der Waals surface area contributed by atoms with Crippen LogP contribution in [0.15, 0.2) is 76.2 Å². The van der Waals surface area contributed by atoms with Gasteiger partial charge in [0.1, 0.15) is 23.4 Å². The molecule has 0 fully saturated rings. The van der Waals surface area contributed by atoms with Gasteiger partial charge in [-0.3, -0.25) is 0 Å². The van der Waals surface area contributed by atoms with Crippen LogP contribution >= 0.6 is 0 Å². The van der Waals surface area contributed by atoms with Gasteiger partial charge >= 0.3 is 6.18 Å². The maximum absolute atomic E-state index is 14.1. The summed E-state index contributed by atoms with van der Waals surface area (Å²) in [5.41, 5.74) is 0.930. The quantitative estimate of drug-likeness (QED) is 0.209. The molecule has 5 rings (SSSR count). The Morgan fingerprint density at radius 2 is 1.66 bits per heavy atom. The molecule has 0 unspecified atom stereocenters. The van der Waals surface area contributed by atoms with Crippen LogP contribution in [0.1, 0.15) is 23.0 Å². The molecular weight excluding hydrogens is 560 g/mol. The second-order valence-electron chi connectivity index (χ2n) is 9.29. The third-order valence-corrected chi connectivity index (χ3v) is 7.47. The van der Waals surface area contributed by atoms with E-state index < -0.39 is 27.5 Å². The molecule has 0 spiro atoms. The Morgan fingerprint density at radius 3 is 2.32 bits per heavy atom. The van der Waals surface area contributed by atoms with E-state index in [1.165, 1.54) is 35.8 Å². The van der Waals surface area contributed by atoms with Gasteiger partial charge in [-0.05, 0) is 60.5 Å². The Hall–Kier alpha value is -4.76. The van der Waals surface area contributed by atoms with Crippen molar-refractivity contribution >= 4 is 9.84 Å². The maximum atomic E-state index is 14.1. The standard InChI is InChI=1S/C29H20F4N4O3S/c1-16-35-26(29(31,32)33)15-37(16)25-10-8-19(18-5-4-6-22(12-18)41(3,38)39)13-23(25)27-28(40-17(2)36-27)20-7-9-24(30)21(11-20)14-34/h4-13,15H,1-3H3. The molecule has 2 heterocycles. The zero-order valence-corrected chi connectivity index (χ0v) is 22.6. The summed E-state index contributed by atoms with van der Waals surface area (Å²) >= 11 is 0. The fraction of sp³-hybridized carbons (Fsp3) is 0.138. The number of nitrogens with zero attached hydrogens (tertiary/aromatic N) is 4. The number of halogens is 4. The Morgan fingerprint density at radius 1 is 0.951 bits per heavy atom. The van der Waals surface area contributed by atoms with E-state index in [9.17, 15) is 31.2 Å². The second-order valence-corrected chi connectivity index (χ2v) is 11.3. The summed E-state index contributed by atoms with van der Waals surface area (Å²) in [6.45, 7) is 3.00. The molecule has 41 heavy (non-hydrogen) atoms. The first kappa shape index (κ1) is 27.8. The summed E-state index contributed by atoms with van der Waals surface area (Å²) < 4.78 is 86.1. The minimum Gasteiger partial charge on any atom is -0.440 e. The van der Waals surface area contributed by atoms with Crippen molar-refractivity contribution in [2.24, 2.45) is 0 Å². The molecule has 7 nitrogen and oxygen atoms in total. The van der Waals surface area contributed by atoms with E-state index >= 15 is 0 Å². The van der Waals surface area contributed by atoms with Crippen molar-refractivity contribution in [3.8, 4) is 45.5 Å². The maximum Gasteiger partial charge on any atom is 0.434 e. The molecule has 0 N–H and O–H groups in total. The van der Waals surface area contributed by atoms with E-state index in [2.05, 4.69) is 9.97 Å². The summed E-state index contributed by atoms with van der Waals surface area (Å²) in [5.74, 6) is -0.292. The van der Waals surface area contributed by atoms with E-state index in [4.69, 9.17) is 4.42 Å². The highest BCUT2D eigenvalue weighted by Gasteiger charge is 2.35. The molecule has 5 aromatic rings. The molecule has 0 aliphatic rings. The molecule has 0 radical (unpaired) electrons. The number of hydrogen-bond donors (Lipinski definition) is 0. The zero-order chi connectivity index (χ0) is 29.7. The molecule has 0 amide bonds. The molecule has 208 valence electrons. The minimum atomic E-state index is -4.68. The molecule has 3 aromatic carbocycles. The third-order valence-electron chi connectivity index (χ3n) is 6.36. The van der Waals surface area contributed by atoms with Crippen LogP contribution in [-0.4, -0.2) is 29.2 Å². The lowest BCUT2D eigenvalue weighted by atomic mass is 9.97. The number of rotatable bonds is 5. The van der Waals surface area contributed by atoms with Gasteiger partial charge in [0, 0.05) is 30.5 Å². The van der Waals surface area contributed by atoms with Gasteiger partial charge < -0.3 is 8.98 Å². The highest BCUT2D eigenvalue weighted by molar-refractivity contribution is 7.90. The summed E-state index contributed by atoms with van der Waals surface area (Å²) in [5, 5.41) is 9.33. The van der Waals surface area contributed by atoms with Crippen LogP contribution in [0.5, 0.6) is 0 Å². The first-order valence-corrected chi connectivity index (χ1v) is 13.9. The average molecular weight is 581 g/mol. The number of benzene rings is 3. The van der Waals surface area contributed by atoms with Gasteiger partial charge in [0.2, 0.25) is 0 Å².